The summed E-state index contributed by atoms with van der Waals surface area (Å²) >= 11 is 0. The zero-order valence-corrected chi connectivity index (χ0v) is 18.1. The minimum atomic E-state index is -0.384. The predicted molar refractivity (Wildman–Crippen MR) is 118 cm³/mol. The molecule has 3 aromatic rings. The molecule has 6 heteroatoms. The number of carbonyl (C=O) groups excluding carboxylic acids is 3. The van der Waals surface area contributed by atoms with E-state index in [1.807, 2.05) is 44.2 Å². The zero-order chi connectivity index (χ0) is 22.1. The van der Waals surface area contributed by atoms with Crippen LogP contribution in [0.2, 0.25) is 0 Å². The molecule has 0 spiro atoms. The van der Waals surface area contributed by atoms with Crippen molar-refractivity contribution in [1.29, 1.82) is 0 Å². The molecule has 0 unspecified atom stereocenters. The number of methoxy groups -OCH3 is 1. The number of esters is 1. The molecule has 2 heterocycles. The maximum absolute atomic E-state index is 12.8. The van der Waals surface area contributed by atoms with Crippen molar-refractivity contribution in [3.8, 4) is 0 Å². The molecule has 160 valence electrons. The molecule has 31 heavy (non-hydrogen) atoms. The number of fused-ring (bicyclic) bond motifs is 3. The van der Waals surface area contributed by atoms with Crippen molar-refractivity contribution in [3.63, 3.8) is 0 Å². The van der Waals surface area contributed by atoms with Crippen molar-refractivity contribution in [2.45, 2.75) is 39.7 Å². The Morgan fingerprint density at radius 3 is 2.52 bits per heavy atom. The Bertz CT molecular complexity index is 1190. The number of nitrogens with zero attached hydrogens (tertiary/aromatic N) is 1. The van der Waals surface area contributed by atoms with Crippen LogP contribution >= 0.6 is 0 Å². The Morgan fingerprint density at radius 1 is 1.00 bits per heavy atom. The second-order valence-electron chi connectivity index (χ2n) is 8.12. The van der Waals surface area contributed by atoms with Crippen LogP contribution in [0.1, 0.15) is 55.9 Å². The number of Topliss-reactive ketones (excluding diaryl/α,β-unsaturated/α-hetero) is 1. The van der Waals surface area contributed by atoms with Crippen molar-refractivity contribution in [3.05, 3.63) is 69.9 Å². The normalized spacial score (nSPS) is 13.2. The van der Waals surface area contributed by atoms with Gasteiger partial charge in [-0.2, -0.15) is 0 Å². The lowest BCUT2D eigenvalue weighted by Gasteiger charge is -2.27. The SMILES string of the molecule is COC(=O)c1ccc2[nH]c3c(c2c1)CN(C(=O)CCC(=O)c1ccc(C)c(C)c1)CC3. The van der Waals surface area contributed by atoms with E-state index in [2.05, 4.69) is 4.98 Å². The first-order valence-corrected chi connectivity index (χ1v) is 10.5. The molecule has 0 saturated heterocycles. The van der Waals surface area contributed by atoms with Crippen LogP contribution in [0.25, 0.3) is 10.9 Å². The Morgan fingerprint density at radius 2 is 1.77 bits per heavy atom. The van der Waals surface area contributed by atoms with Crippen LogP contribution in [0.3, 0.4) is 0 Å². The summed E-state index contributed by atoms with van der Waals surface area (Å²) in [5.74, 6) is -0.421. The highest BCUT2D eigenvalue weighted by Gasteiger charge is 2.25. The van der Waals surface area contributed by atoms with Gasteiger partial charge in [0.05, 0.1) is 12.7 Å². The van der Waals surface area contributed by atoms with E-state index < -0.39 is 0 Å². The van der Waals surface area contributed by atoms with Crippen LogP contribution in [0.15, 0.2) is 36.4 Å². The number of rotatable bonds is 5. The highest BCUT2D eigenvalue weighted by molar-refractivity contribution is 5.98. The van der Waals surface area contributed by atoms with Gasteiger partial charge in [0, 0.05) is 60.1 Å². The van der Waals surface area contributed by atoms with Gasteiger partial charge in [-0.3, -0.25) is 9.59 Å². The lowest BCUT2D eigenvalue weighted by molar-refractivity contribution is -0.132. The third-order valence-corrected chi connectivity index (χ3v) is 6.14. The summed E-state index contributed by atoms with van der Waals surface area (Å²) < 4.78 is 4.82. The van der Waals surface area contributed by atoms with E-state index in [1.54, 1.807) is 11.0 Å². The Hall–Kier alpha value is -3.41. The number of carbonyl (C=O) groups is 3. The van der Waals surface area contributed by atoms with Gasteiger partial charge in [-0.25, -0.2) is 4.79 Å². The molecule has 1 aromatic heterocycles. The van der Waals surface area contributed by atoms with E-state index in [0.717, 1.165) is 33.3 Å². The van der Waals surface area contributed by atoms with E-state index in [4.69, 9.17) is 4.74 Å². The summed E-state index contributed by atoms with van der Waals surface area (Å²) in [6.07, 6.45) is 1.11. The fraction of sp³-hybridized carbons (Fsp3) is 0.320. The largest absolute Gasteiger partial charge is 0.465 e. The van der Waals surface area contributed by atoms with Crippen LogP contribution in [0, 0.1) is 13.8 Å². The topological polar surface area (TPSA) is 79.5 Å². The number of amides is 1. The van der Waals surface area contributed by atoms with Gasteiger partial charge in [0.2, 0.25) is 5.91 Å². The second kappa shape index (κ2) is 8.38. The molecule has 0 saturated carbocycles. The molecule has 1 aliphatic rings. The quantitative estimate of drug-likeness (QED) is 0.499. The van der Waals surface area contributed by atoms with Gasteiger partial charge in [0.15, 0.2) is 5.78 Å². The fourth-order valence-corrected chi connectivity index (χ4v) is 4.11. The van der Waals surface area contributed by atoms with E-state index in [9.17, 15) is 14.4 Å². The van der Waals surface area contributed by atoms with Crippen molar-refractivity contribution in [1.82, 2.24) is 9.88 Å². The molecule has 6 nitrogen and oxygen atoms in total. The van der Waals surface area contributed by atoms with Gasteiger partial charge in [0.1, 0.15) is 0 Å². The van der Waals surface area contributed by atoms with Crippen molar-refractivity contribution < 1.29 is 19.1 Å². The van der Waals surface area contributed by atoms with Crippen LogP contribution < -0.4 is 0 Å². The number of hydrogen-bond donors (Lipinski definition) is 1. The van der Waals surface area contributed by atoms with Crippen LogP contribution in [-0.2, 0) is 22.5 Å². The average molecular weight is 418 g/mol. The van der Waals surface area contributed by atoms with Gasteiger partial charge in [-0.05, 0) is 49.2 Å². The number of H-pyrrole nitrogens is 1. The highest BCUT2D eigenvalue weighted by atomic mass is 16.5. The molecule has 1 aliphatic heterocycles. The van der Waals surface area contributed by atoms with E-state index in [0.29, 0.717) is 30.6 Å². The molecule has 1 amide bonds. The zero-order valence-electron chi connectivity index (χ0n) is 18.1. The molecule has 0 fully saturated rings. The molecule has 1 N–H and O–H groups in total. The van der Waals surface area contributed by atoms with Gasteiger partial charge < -0.3 is 14.6 Å². The third kappa shape index (κ3) is 4.10. The summed E-state index contributed by atoms with van der Waals surface area (Å²) in [7, 11) is 1.36. The standard InChI is InChI=1S/C25H26N2O4/c1-15-4-5-17(12-16(15)2)23(28)8-9-24(29)27-11-10-22-20(14-27)19-13-18(25(30)31-3)6-7-21(19)26-22/h4-7,12-13,26H,8-11,14H2,1-3H3. The van der Waals surface area contributed by atoms with Crippen molar-refractivity contribution in [2.24, 2.45) is 0 Å². The molecule has 0 bridgehead atoms. The predicted octanol–water partition coefficient (Wildman–Crippen LogP) is 4.12. The number of benzene rings is 2. The Kier molecular flexibility index (Phi) is 5.63. The molecule has 4 rings (SSSR count). The number of aromatic nitrogens is 1. The van der Waals surface area contributed by atoms with Crippen LogP contribution in [0.5, 0.6) is 0 Å². The number of nitrogens with one attached hydrogen (secondary N) is 1. The monoisotopic (exact) mass is 418 g/mol. The summed E-state index contributed by atoms with van der Waals surface area (Å²) in [4.78, 5) is 42.5. The lowest BCUT2D eigenvalue weighted by atomic mass is 10.00. The maximum atomic E-state index is 12.8. The number of ketones is 1. The smallest absolute Gasteiger partial charge is 0.337 e. The van der Waals surface area contributed by atoms with Crippen LogP contribution in [-0.4, -0.2) is 41.2 Å². The minimum absolute atomic E-state index is 0.0102. The number of aromatic amines is 1. The number of aryl methyl sites for hydroxylation is 2. The maximum Gasteiger partial charge on any atom is 0.337 e. The molecule has 0 aliphatic carbocycles. The molecular formula is C25H26N2O4. The van der Waals surface area contributed by atoms with Gasteiger partial charge in [-0.1, -0.05) is 12.1 Å². The van der Waals surface area contributed by atoms with Gasteiger partial charge in [-0.15, -0.1) is 0 Å². The first kappa shape index (κ1) is 20.8. The van der Waals surface area contributed by atoms with Gasteiger partial charge in [0.25, 0.3) is 0 Å². The first-order chi connectivity index (χ1) is 14.9. The summed E-state index contributed by atoms with van der Waals surface area (Å²) in [5, 5.41) is 0.932. The summed E-state index contributed by atoms with van der Waals surface area (Å²) in [6, 6.07) is 11.1. The van der Waals surface area contributed by atoms with Crippen molar-refractivity contribution in [2.75, 3.05) is 13.7 Å². The van der Waals surface area contributed by atoms with Crippen molar-refractivity contribution >= 4 is 28.6 Å². The summed E-state index contributed by atoms with van der Waals surface area (Å²) in [5.41, 5.74) is 6.42. The fourth-order valence-electron chi connectivity index (χ4n) is 4.11. The van der Waals surface area contributed by atoms with Gasteiger partial charge >= 0.3 is 5.97 Å². The summed E-state index contributed by atoms with van der Waals surface area (Å²) in [6.45, 7) is 5.07. The Labute approximate surface area is 181 Å². The minimum Gasteiger partial charge on any atom is -0.465 e. The number of ether oxygens (including phenoxy) is 1. The second-order valence-corrected chi connectivity index (χ2v) is 8.12. The van der Waals surface area contributed by atoms with E-state index >= 15 is 0 Å². The Balaban J connectivity index is 1.46. The average Bonchev–Trinajstić information content (AvgIpc) is 3.15. The molecular weight excluding hydrogens is 392 g/mol. The number of hydrogen-bond acceptors (Lipinski definition) is 4. The van der Waals surface area contributed by atoms with Crippen LogP contribution in [0.4, 0.5) is 0 Å². The van der Waals surface area contributed by atoms with E-state index in [1.165, 1.54) is 7.11 Å². The molecule has 0 radical (unpaired) electrons. The first-order valence-electron chi connectivity index (χ1n) is 10.5. The molecule has 0 atom stereocenters. The molecule has 2 aromatic carbocycles. The third-order valence-electron chi connectivity index (χ3n) is 6.14. The highest BCUT2D eigenvalue weighted by Crippen LogP contribution is 2.29. The lowest BCUT2D eigenvalue weighted by Crippen LogP contribution is -2.35. The van der Waals surface area contributed by atoms with E-state index in [-0.39, 0.29) is 30.5 Å².